The summed E-state index contributed by atoms with van der Waals surface area (Å²) in [5.41, 5.74) is 8.39. The molecule has 0 unspecified atom stereocenters. The molecule has 0 saturated heterocycles. The second-order valence-electron chi connectivity index (χ2n) is 6.22. The molecule has 0 amide bonds. The van der Waals surface area contributed by atoms with Gasteiger partial charge in [0.2, 0.25) is 5.44 Å². The van der Waals surface area contributed by atoms with E-state index in [9.17, 15) is 0 Å². The highest BCUT2D eigenvalue weighted by Crippen LogP contribution is 2.54. The topological polar surface area (TPSA) is 38.9 Å². The number of nitrogen functional groups attached to an aromatic ring is 1. The van der Waals surface area contributed by atoms with Gasteiger partial charge in [0.1, 0.15) is 15.9 Å². The highest BCUT2D eigenvalue weighted by Gasteiger charge is 2.50. The molecule has 27 heavy (non-hydrogen) atoms. The van der Waals surface area contributed by atoms with Crippen molar-refractivity contribution in [3.05, 3.63) is 95.9 Å². The largest absolute Gasteiger partial charge is 1.00 e. The van der Waals surface area contributed by atoms with Crippen LogP contribution in [0.15, 0.2) is 90.3 Å². The van der Waals surface area contributed by atoms with Crippen molar-refractivity contribution < 1.29 is 12.4 Å². The van der Waals surface area contributed by atoms with Gasteiger partial charge in [-0.1, -0.05) is 48.5 Å². The average Bonchev–Trinajstić information content (AvgIpc) is 3.11. The second kappa shape index (κ2) is 8.22. The van der Waals surface area contributed by atoms with Crippen molar-refractivity contribution in [2.45, 2.75) is 6.92 Å². The van der Waals surface area contributed by atoms with E-state index in [1.807, 2.05) is 0 Å². The van der Waals surface area contributed by atoms with Gasteiger partial charge in [0, 0.05) is 0 Å². The lowest BCUT2D eigenvalue weighted by molar-refractivity contribution is -0.00000511. The number of halogens is 1. The third kappa shape index (κ3) is 3.51. The summed E-state index contributed by atoms with van der Waals surface area (Å²) in [4.78, 5) is 4.79. The van der Waals surface area contributed by atoms with Gasteiger partial charge in [-0.2, -0.15) is 4.98 Å². The second-order valence-corrected chi connectivity index (χ2v) is 10.5. The van der Waals surface area contributed by atoms with E-state index < -0.39 is 7.26 Å². The Labute approximate surface area is 170 Å². The molecule has 2 N–H and O–H groups in total. The van der Waals surface area contributed by atoms with E-state index in [0.29, 0.717) is 5.13 Å². The first-order valence-electron chi connectivity index (χ1n) is 8.50. The van der Waals surface area contributed by atoms with Crippen LogP contribution >= 0.6 is 18.6 Å². The van der Waals surface area contributed by atoms with Gasteiger partial charge in [0.05, 0.1) is 5.38 Å². The zero-order chi connectivity index (χ0) is 18.0. The van der Waals surface area contributed by atoms with Crippen LogP contribution in [0.1, 0.15) is 5.56 Å². The molecule has 0 bridgehead atoms. The number of benzene rings is 3. The van der Waals surface area contributed by atoms with E-state index in [-0.39, 0.29) is 12.4 Å². The molecular weight excluding hydrogens is 391 g/mol. The molecule has 0 aliphatic rings. The summed E-state index contributed by atoms with van der Waals surface area (Å²) in [6.45, 7) is 2.14. The van der Waals surface area contributed by atoms with Crippen LogP contribution in [0.2, 0.25) is 0 Å². The molecule has 0 saturated carbocycles. The van der Waals surface area contributed by atoms with Gasteiger partial charge >= 0.3 is 0 Å². The number of rotatable bonds is 4. The number of aryl methyl sites for hydroxylation is 1. The zero-order valence-electron chi connectivity index (χ0n) is 14.9. The van der Waals surface area contributed by atoms with Crippen molar-refractivity contribution in [2.24, 2.45) is 0 Å². The Morgan fingerprint density at radius 3 is 1.81 bits per heavy atom. The van der Waals surface area contributed by atoms with Crippen LogP contribution in [0.4, 0.5) is 5.13 Å². The van der Waals surface area contributed by atoms with Gasteiger partial charge < -0.3 is 18.1 Å². The minimum atomic E-state index is -2.09. The Morgan fingerprint density at radius 2 is 1.33 bits per heavy atom. The van der Waals surface area contributed by atoms with Crippen molar-refractivity contribution in [3.8, 4) is 0 Å². The number of hydrogen-bond acceptors (Lipinski definition) is 3. The number of anilines is 1. The molecule has 4 rings (SSSR count). The van der Waals surface area contributed by atoms with Gasteiger partial charge in [-0.05, 0) is 48.9 Å². The molecule has 3 aromatic carbocycles. The average molecular weight is 411 g/mol. The van der Waals surface area contributed by atoms with Crippen molar-refractivity contribution >= 4 is 45.1 Å². The number of nitrogens with zero attached hydrogens (tertiary/aromatic N) is 1. The van der Waals surface area contributed by atoms with Crippen LogP contribution in [0, 0.1) is 6.92 Å². The van der Waals surface area contributed by atoms with Crippen molar-refractivity contribution in [3.63, 3.8) is 0 Å². The van der Waals surface area contributed by atoms with Crippen LogP contribution in [-0.4, -0.2) is 4.98 Å². The summed E-state index contributed by atoms with van der Waals surface area (Å²) >= 11 is 1.51. The monoisotopic (exact) mass is 410 g/mol. The fraction of sp³-hybridized carbons (Fsp3) is 0.0455. The van der Waals surface area contributed by atoms with E-state index >= 15 is 0 Å². The van der Waals surface area contributed by atoms with Gasteiger partial charge in [0.15, 0.2) is 12.4 Å². The summed E-state index contributed by atoms with van der Waals surface area (Å²) in [6, 6.07) is 30.3. The first kappa shape index (κ1) is 19.6. The number of nitrogens with two attached hydrogens (primary N) is 1. The molecule has 1 heterocycles. The molecule has 136 valence electrons. The van der Waals surface area contributed by atoms with Crippen molar-refractivity contribution in [2.75, 3.05) is 5.73 Å². The SMILES string of the molecule is Cc1cccc([P+](c2ccccc2)(c2ccccc2)c2csc(N)n2)c1.[Cl-]. The van der Waals surface area contributed by atoms with E-state index in [0.717, 1.165) is 5.44 Å². The minimum Gasteiger partial charge on any atom is -1.00 e. The maximum absolute atomic E-state index is 6.06. The predicted molar refractivity (Wildman–Crippen MR) is 116 cm³/mol. The summed E-state index contributed by atoms with van der Waals surface area (Å²) in [5.74, 6) is 0. The first-order valence-corrected chi connectivity index (χ1v) is 11.2. The Kier molecular flexibility index (Phi) is 5.96. The fourth-order valence-corrected chi connectivity index (χ4v) is 8.60. The fourth-order valence-electron chi connectivity index (χ4n) is 3.42. The molecule has 0 atom stereocenters. The van der Waals surface area contributed by atoms with Crippen LogP contribution in [0.5, 0.6) is 0 Å². The first-order chi connectivity index (χ1) is 12.7. The quantitative estimate of drug-likeness (QED) is 0.502. The maximum Gasteiger partial charge on any atom is 0.210 e. The van der Waals surface area contributed by atoms with Crippen molar-refractivity contribution in [1.29, 1.82) is 0 Å². The predicted octanol–water partition coefficient (Wildman–Crippen LogP) is 0.657. The Balaban J connectivity index is 0.00000210. The lowest BCUT2D eigenvalue weighted by atomic mass is 10.2. The van der Waals surface area contributed by atoms with Gasteiger partial charge in [-0.3, -0.25) is 0 Å². The third-order valence-corrected chi connectivity index (χ3v) is 9.49. The number of aromatic nitrogens is 1. The molecule has 0 spiro atoms. The molecule has 0 fully saturated rings. The van der Waals surface area contributed by atoms with Crippen LogP contribution in [-0.2, 0) is 0 Å². The van der Waals surface area contributed by atoms with Gasteiger partial charge in [0.25, 0.3) is 0 Å². The lowest BCUT2D eigenvalue weighted by Gasteiger charge is -2.25. The smallest absolute Gasteiger partial charge is 0.210 e. The molecule has 0 radical (unpaired) electrons. The van der Waals surface area contributed by atoms with E-state index in [1.165, 1.54) is 32.8 Å². The van der Waals surface area contributed by atoms with Crippen LogP contribution < -0.4 is 39.5 Å². The van der Waals surface area contributed by atoms with Crippen LogP contribution in [0.25, 0.3) is 0 Å². The zero-order valence-corrected chi connectivity index (χ0v) is 17.4. The summed E-state index contributed by atoms with van der Waals surface area (Å²) in [6.07, 6.45) is 0. The van der Waals surface area contributed by atoms with Gasteiger partial charge in [-0.15, -0.1) is 11.3 Å². The summed E-state index contributed by atoms with van der Waals surface area (Å²) in [7, 11) is -2.09. The summed E-state index contributed by atoms with van der Waals surface area (Å²) in [5, 5.41) is 6.64. The Morgan fingerprint density at radius 1 is 0.778 bits per heavy atom. The third-order valence-electron chi connectivity index (χ3n) is 4.53. The highest BCUT2D eigenvalue weighted by molar-refractivity contribution is 8.01. The number of thiazole rings is 1. The Bertz CT molecular complexity index is 979. The molecule has 2 nitrogen and oxygen atoms in total. The molecular formula is C22H20ClN2PS. The van der Waals surface area contributed by atoms with Crippen LogP contribution in [0.3, 0.4) is 0 Å². The Hall–Kier alpha value is -2.19. The molecule has 0 aliphatic carbocycles. The standard InChI is InChI=1S/C22H20N2PS.ClH/c1-17-9-8-14-20(15-17)25(18-10-4-2-5-11-18,19-12-6-3-7-13-19)21-16-26-22(23)24-21;/h2-16H,1H3,(H2,23,24);1H/q+1;/p-1. The van der Waals surface area contributed by atoms with Gasteiger partial charge in [-0.25, -0.2) is 0 Å². The summed E-state index contributed by atoms with van der Waals surface area (Å²) < 4.78 is 0. The van der Waals surface area contributed by atoms with Crippen molar-refractivity contribution in [1.82, 2.24) is 4.98 Å². The lowest BCUT2D eigenvalue weighted by Crippen LogP contribution is -3.00. The van der Waals surface area contributed by atoms with E-state index in [1.54, 1.807) is 0 Å². The highest BCUT2D eigenvalue weighted by atomic mass is 35.5. The molecule has 5 heteroatoms. The molecule has 4 aromatic rings. The number of hydrogen-bond donors (Lipinski definition) is 1. The minimum absolute atomic E-state index is 0. The van der Waals surface area contributed by atoms with E-state index in [2.05, 4.69) is 97.2 Å². The molecule has 1 aromatic heterocycles. The molecule has 0 aliphatic heterocycles. The van der Waals surface area contributed by atoms with E-state index in [4.69, 9.17) is 10.7 Å². The maximum atomic E-state index is 6.06. The normalized spacial score (nSPS) is 11.0.